The molecule has 72 heavy (non-hydrogen) atoms. The number of rotatable bonds is 14. The van der Waals surface area contributed by atoms with Gasteiger partial charge in [-0.05, 0) is 84.5 Å². The van der Waals surface area contributed by atoms with Gasteiger partial charge in [0.25, 0.3) is 0 Å². The van der Waals surface area contributed by atoms with Crippen molar-refractivity contribution in [3.05, 3.63) is 180 Å². The van der Waals surface area contributed by atoms with Gasteiger partial charge in [0, 0.05) is 56.9 Å². The molecule has 0 amide bonds. The first kappa shape index (κ1) is 56.1. The number of hydrogen-bond acceptors (Lipinski definition) is 12. The first-order valence-corrected chi connectivity index (χ1v) is 22.6. The summed E-state index contributed by atoms with van der Waals surface area (Å²) in [6.45, 7) is 8.09. The fraction of sp³-hybridized carbons (Fsp3) is 0.269. The third-order valence-electron chi connectivity index (χ3n) is 11.6. The molecule has 377 valence electrons. The van der Waals surface area contributed by atoms with Gasteiger partial charge >= 0.3 is 25.4 Å². The Morgan fingerprint density at radius 3 is 1.81 bits per heavy atom. The molecule has 1 N–H and O–H groups in total. The number of benzene rings is 1. The van der Waals surface area contributed by atoms with E-state index in [1.165, 1.54) is 36.2 Å². The third kappa shape index (κ3) is 14.7. The standard InChI is InChI=1S/C32H35F4N6O4.2C10H8N2.ClH.Ru/c1-17-18(2)24(16-44-20(4)43)46-32(19(17)3)45-15-21-14-42(41-40-21)13-7-12-39-31-29(35)27(33)26(28(34)30(31)36)25(22-8-5-10-37-22)23-9-6-11-38-23;2*1-3-7-11-9(5-1)10-6-2-4-8-12-10;;/h5-6,8-11,14,17-19,24,32H,7,12-13,15-16H2,1-4H3,(H-,37,38,39);2*1-8H;1H;/q-1;;;;+1. The minimum absolute atomic E-state index is 0. The van der Waals surface area contributed by atoms with Crippen LogP contribution in [0.3, 0.4) is 0 Å². The predicted molar refractivity (Wildman–Crippen MR) is 263 cm³/mol. The second kappa shape index (κ2) is 27.7. The Labute approximate surface area is 433 Å². The van der Waals surface area contributed by atoms with Crippen molar-refractivity contribution in [2.24, 2.45) is 22.7 Å². The molecule has 0 bridgehead atoms. The third-order valence-corrected chi connectivity index (χ3v) is 11.6. The molecular weight excluding hydrogens is 1040 g/mol. The fourth-order valence-corrected chi connectivity index (χ4v) is 7.55. The van der Waals surface area contributed by atoms with Crippen molar-refractivity contribution in [3.8, 4) is 22.8 Å². The minimum atomic E-state index is -1.55. The van der Waals surface area contributed by atoms with Crippen LogP contribution in [-0.2, 0) is 51.6 Å². The molecule has 2 aliphatic rings. The van der Waals surface area contributed by atoms with Gasteiger partial charge in [0.05, 0.1) is 52.9 Å². The number of pyridine rings is 4. The summed E-state index contributed by atoms with van der Waals surface area (Å²) in [5.41, 5.74) is 2.50. The summed E-state index contributed by atoms with van der Waals surface area (Å²) in [7, 11) is 0. The molecule has 20 heteroatoms. The van der Waals surface area contributed by atoms with E-state index in [1.807, 2.05) is 79.7 Å². The zero-order chi connectivity index (χ0) is 49.4. The van der Waals surface area contributed by atoms with Gasteiger partial charge in [-0.25, -0.2) is 17.6 Å². The van der Waals surface area contributed by atoms with E-state index in [0.29, 0.717) is 18.7 Å². The molecule has 14 nitrogen and oxygen atoms in total. The number of nitrogens with zero attached hydrogens (tertiary/aromatic N) is 9. The molecule has 2 aliphatic heterocycles. The van der Waals surface area contributed by atoms with Gasteiger partial charge < -0.3 is 24.5 Å². The van der Waals surface area contributed by atoms with Crippen LogP contribution in [0.25, 0.3) is 28.3 Å². The van der Waals surface area contributed by atoms with Crippen LogP contribution in [0.15, 0.2) is 145 Å². The first-order valence-electron chi connectivity index (χ1n) is 22.6. The Balaban J connectivity index is 0.000000298. The van der Waals surface area contributed by atoms with E-state index in [2.05, 4.69) is 59.4 Å². The number of hydrogen-bond donors (Lipinski definition) is 1. The van der Waals surface area contributed by atoms with E-state index in [-0.39, 0.29) is 98.4 Å². The van der Waals surface area contributed by atoms with Crippen LogP contribution in [0.1, 0.15) is 51.1 Å². The topological polar surface area (TPSA) is 166 Å². The maximum absolute atomic E-state index is 15.3. The average molecular weight is 1090 g/mol. The number of carbonyl (C=O) groups excluding carboxylic acids is 1. The minimum Gasteiger partial charge on any atom is -0.664 e. The van der Waals surface area contributed by atoms with Gasteiger partial charge in [0.1, 0.15) is 18.0 Å². The number of aromatic nitrogens is 8. The largest absolute Gasteiger partial charge is 1.00 e. The summed E-state index contributed by atoms with van der Waals surface area (Å²) in [4.78, 5) is 36.1. The van der Waals surface area contributed by atoms with Crippen molar-refractivity contribution >= 4 is 35.9 Å². The summed E-state index contributed by atoms with van der Waals surface area (Å²) < 4.78 is 79.7. The number of carbonyl (C=O) groups is 1. The molecule has 0 spiro atoms. The number of nitrogens with one attached hydrogen (secondary N) is 1. The van der Waals surface area contributed by atoms with E-state index in [9.17, 15) is 4.79 Å². The van der Waals surface area contributed by atoms with E-state index < -0.39 is 40.8 Å². The van der Waals surface area contributed by atoms with Crippen LogP contribution in [0.2, 0.25) is 0 Å². The van der Waals surface area contributed by atoms with Crippen molar-refractivity contribution < 1.29 is 56.0 Å². The summed E-state index contributed by atoms with van der Waals surface area (Å²) >= 11 is 0. The molecule has 1 aromatic carbocycles. The molecular formula is C52H52ClF4N10O4Ru. The summed E-state index contributed by atoms with van der Waals surface area (Å²) in [6, 6.07) is 26.2. The summed E-state index contributed by atoms with van der Waals surface area (Å²) in [5.74, 6) is -6.09. The van der Waals surface area contributed by atoms with E-state index in [1.54, 1.807) is 43.1 Å². The van der Waals surface area contributed by atoms with Gasteiger partial charge in [-0.15, -0.1) is 23.2 Å². The number of allylic oxidation sites excluding steroid dienone is 2. The average Bonchev–Trinajstić information content (AvgIpc) is 4.23. The summed E-state index contributed by atoms with van der Waals surface area (Å²) in [5, 5.41) is 10.6. The number of ether oxygens (including phenoxy) is 3. The number of anilines is 1. The molecule has 6 aromatic heterocycles. The van der Waals surface area contributed by atoms with Crippen molar-refractivity contribution in [3.63, 3.8) is 0 Å². The molecule has 1 radical (unpaired) electrons. The van der Waals surface area contributed by atoms with Gasteiger partial charge in [0.2, 0.25) is 0 Å². The number of aryl methyl sites for hydroxylation is 1. The Kier molecular flexibility index (Phi) is 21.6. The van der Waals surface area contributed by atoms with Crippen LogP contribution < -0.4 is 10.3 Å². The van der Waals surface area contributed by atoms with Crippen molar-refractivity contribution in [1.82, 2.24) is 39.9 Å². The fourth-order valence-electron chi connectivity index (χ4n) is 7.55. The van der Waals surface area contributed by atoms with Gasteiger partial charge in [0.15, 0.2) is 29.6 Å². The smallest absolute Gasteiger partial charge is 0.664 e. The maximum Gasteiger partial charge on any atom is 1.00 e. The van der Waals surface area contributed by atoms with Crippen LogP contribution in [0.5, 0.6) is 0 Å². The molecule has 0 saturated carbocycles. The molecule has 5 atom stereocenters. The van der Waals surface area contributed by atoms with Gasteiger partial charge in [-0.1, -0.05) is 62.4 Å². The Morgan fingerprint density at radius 1 is 0.764 bits per heavy atom. The van der Waals surface area contributed by atoms with Crippen LogP contribution in [-0.4, -0.2) is 72.7 Å². The monoisotopic (exact) mass is 1090 g/mol. The van der Waals surface area contributed by atoms with E-state index in [4.69, 9.17) is 14.2 Å². The second-order valence-electron chi connectivity index (χ2n) is 16.3. The first-order chi connectivity index (χ1) is 34.0. The van der Waals surface area contributed by atoms with Crippen molar-refractivity contribution in [1.29, 1.82) is 0 Å². The Hall–Kier alpha value is -6.79. The molecule has 1 fully saturated rings. The molecule has 1 saturated heterocycles. The quantitative estimate of drug-likeness (QED) is 0.0361. The van der Waals surface area contributed by atoms with Crippen molar-refractivity contribution in [2.45, 2.75) is 59.7 Å². The van der Waals surface area contributed by atoms with Crippen LogP contribution >= 0.6 is 12.4 Å². The van der Waals surface area contributed by atoms with E-state index in [0.717, 1.165) is 22.8 Å². The van der Waals surface area contributed by atoms with Crippen LogP contribution in [0.4, 0.5) is 23.2 Å². The molecule has 8 heterocycles. The molecule has 0 aliphatic carbocycles. The zero-order valence-corrected chi connectivity index (χ0v) is 42.2. The van der Waals surface area contributed by atoms with E-state index >= 15 is 17.6 Å². The van der Waals surface area contributed by atoms with Gasteiger partial charge in [-0.3, -0.25) is 34.4 Å². The number of halogens is 5. The number of esters is 1. The summed E-state index contributed by atoms with van der Waals surface area (Å²) in [6.07, 6.45) is 14.0. The Bertz CT molecular complexity index is 2670. The zero-order valence-electron chi connectivity index (χ0n) is 39.6. The SMILES string of the molecule is CC(=O)OCC1OC(OCc2cn(CCCNc3c(F)c(F)c(C(=C4C=CC=N4)c4ccc[n-]4)c(F)c3F)nn2)C(C)C(C)C1C.Cl.[Ru+].c1ccc(-c2ccccn2)nc1.c1ccc(-c2ccccn2)nc1. The normalized spacial score (nSPS) is 18.3. The number of aliphatic imine (C=N–C) groups is 1. The van der Waals surface area contributed by atoms with Gasteiger partial charge in [-0.2, -0.15) is 6.20 Å². The predicted octanol–water partition coefficient (Wildman–Crippen LogP) is 10.1. The molecule has 7 aromatic rings. The van der Waals surface area contributed by atoms with Crippen molar-refractivity contribution in [2.75, 3.05) is 18.5 Å². The maximum atomic E-state index is 15.3. The Morgan fingerprint density at radius 2 is 1.33 bits per heavy atom. The second-order valence-corrected chi connectivity index (χ2v) is 16.3. The molecule has 9 rings (SSSR count). The van der Waals surface area contributed by atoms with Crippen LogP contribution in [0, 0.1) is 41.0 Å². The molecule has 5 unspecified atom stereocenters.